The summed E-state index contributed by atoms with van der Waals surface area (Å²) in [6.45, 7) is 4.03. The first-order chi connectivity index (χ1) is 15.8. The number of nitrogens with zero attached hydrogens (tertiary/aromatic N) is 2. The minimum absolute atomic E-state index is 0.00937. The Morgan fingerprint density at radius 2 is 1.58 bits per heavy atom. The van der Waals surface area contributed by atoms with Crippen molar-refractivity contribution in [3.8, 4) is 0 Å². The van der Waals surface area contributed by atoms with Crippen LogP contribution >= 0.6 is 0 Å². The molecule has 0 bridgehead atoms. The number of sulfonamides is 1. The molecule has 2 aliphatic rings. The molecule has 8 heteroatoms. The van der Waals surface area contributed by atoms with E-state index in [0.717, 1.165) is 49.9 Å². The first-order valence-electron chi connectivity index (χ1n) is 11.9. The second-order valence-electron chi connectivity index (χ2n) is 9.37. The van der Waals surface area contributed by atoms with Gasteiger partial charge in [-0.1, -0.05) is 49.1 Å². The third kappa shape index (κ3) is 5.62. The van der Waals surface area contributed by atoms with E-state index in [1.807, 2.05) is 6.92 Å². The van der Waals surface area contributed by atoms with Gasteiger partial charge in [0.1, 0.15) is 0 Å². The van der Waals surface area contributed by atoms with Gasteiger partial charge in [-0.25, -0.2) is 13.1 Å². The molecule has 2 fully saturated rings. The van der Waals surface area contributed by atoms with Crippen molar-refractivity contribution in [1.82, 2.24) is 9.62 Å². The Bertz CT molecular complexity index is 1050. The van der Waals surface area contributed by atoms with Crippen molar-refractivity contribution >= 4 is 15.7 Å². The molecule has 4 rings (SSSR count). The van der Waals surface area contributed by atoms with E-state index in [9.17, 15) is 18.5 Å². The van der Waals surface area contributed by atoms with E-state index in [2.05, 4.69) is 9.62 Å². The monoisotopic (exact) mass is 471 g/mol. The number of piperidine rings is 1. The largest absolute Gasteiger partial charge is 0.300 e. The van der Waals surface area contributed by atoms with Crippen LogP contribution in [0.4, 0.5) is 5.69 Å². The Morgan fingerprint density at radius 3 is 2.21 bits per heavy atom. The van der Waals surface area contributed by atoms with Crippen molar-refractivity contribution in [3.05, 3.63) is 69.8 Å². The van der Waals surface area contributed by atoms with Crippen LogP contribution in [-0.4, -0.2) is 37.4 Å². The maximum Gasteiger partial charge on any atom is 0.269 e. The number of nitro groups is 1. The van der Waals surface area contributed by atoms with E-state index in [-0.39, 0.29) is 16.5 Å². The molecule has 1 N–H and O–H groups in total. The van der Waals surface area contributed by atoms with Crippen molar-refractivity contribution in [2.24, 2.45) is 5.92 Å². The summed E-state index contributed by atoms with van der Waals surface area (Å²) in [6.07, 6.45) is 7.81. The molecule has 1 saturated heterocycles. The summed E-state index contributed by atoms with van der Waals surface area (Å²) < 4.78 is 29.8. The molecule has 1 aliphatic heterocycles. The van der Waals surface area contributed by atoms with Crippen LogP contribution < -0.4 is 4.72 Å². The number of aryl methyl sites for hydroxylation is 1. The minimum atomic E-state index is -3.76. The molecule has 1 aliphatic carbocycles. The van der Waals surface area contributed by atoms with Gasteiger partial charge < -0.3 is 4.90 Å². The molecule has 0 amide bonds. The average molecular weight is 472 g/mol. The molecular formula is C25H33N3O4S. The lowest BCUT2D eigenvalue weighted by Gasteiger charge is -2.45. The van der Waals surface area contributed by atoms with Gasteiger partial charge in [-0.2, -0.15) is 0 Å². The van der Waals surface area contributed by atoms with Gasteiger partial charge >= 0.3 is 0 Å². The first-order valence-corrected chi connectivity index (χ1v) is 13.4. The highest BCUT2D eigenvalue weighted by Crippen LogP contribution is 2.39. The van der Waals surface area contributed by atoms with Gasteiger partial charge in [0.2, 0.25) is 10.0 Å². The molecule has 0 unspecified atom stereocenters. The second-order valence-corrected chi connectivity index (χ2v) is 11.1. The van der Waals surface area contributed by atoms with Gasteiger partial charge in [0.05, 0.1) is 15.9 Å². The van der Waals surface area contributed by atoms with E-state index in [0.29, 0.717) is 6.04 Å². The van der Waals surface area contributed by atoms with E-state index in [1.165, 1.54) is 31.4 Å². The van der Waals surface area contributed by atoms with Crippen molar-refractivity contribution in [1.29, 1.82) is 0 Å². The molecule has 2 aromatic carbocycles. The van der Waals surface area contributed by atoms with Crippen molar-refractivity contribution in [2.75, 3.05) is 13.1 Å². The van der Waals surface area contributed by atoms with Gasteiger partial charge in [0.25, 0.3) is 5.69 Å². The summed E-state index contributed by atoms with van der Waals surface area (Å²) >= 11 is 0. The van der Waals surface area contributed by atoms with Crippen LogP contribution in [0.15, 0.2) is 53.4 Å². The summed E-state index contributed by atoms with van der Waals surface area (Å²) in [5.41, 5.74) is 1.79. The molecule has 0 aromatic heterocycles. The second kappa shape index (κ2) is 10.3. The Morgan fingerprint density at radius 1 is 0.939 bits per heavy atom. The van der Waals surface area contributed by atoms with E-state index in [4.69, 9.17) is 0 Å². The van der Waals surface area contributed by atoms with Crippen molar-refractivity contribution in [3.63, 3.8) is 0 Å². The van der Waals surface area contributed by atoms with Crippen molar-refractivity contribution < 1.29 is 13.3 Å². The topological polar surface area (TPSA) is 92.5 Å². The number of nitrogens with one attached hydrogen (secondary N) is 1. The standard InChI is InChI=1S/C25H33N3O4S/c1-19-9-15-22(16-10-19)33(31,32)26-25(20-11-13-21(14-12-20)28(29)30)23-7-3-4-8-24(23)27-17-5-2-6-18-27/h9-16,23-26H,2-8,17-18H2,1H3/t23-,24-,25+/m1/s1. The van der Waals surface area contributed by atoms with Crippen LogP contribution in [0.5, 0.6) is 0 Å². The Balaban J connectivity index is 1.69. The molecule has 3 atom stereocenters. The molecule has 0 radical (unpaired) electrons. The Hall–Kier alpha value is -2.29. The molecular weight excluding hydrogens is 438 g/mol. The van der Waals surface area contributed by atoms with Crippen LogP contribution in [0.25, 0.3) is 0 Å². The van der Waals surface area contributed by atoms with Crippen LogP contribution in [0.1, 0.15) is 62.1 Å². The summed E-state index contributed by atoms with van der Waals surface area (Å²) in [7, 11) is -3.76. The molecule has 1 saturated carbocycles. The number of benzene rings is 2. The molecule has 1 heterocycles. The van der Waals surface area contributed by atoms with Gasteiger partial charge in [0.15, 0.2) is 0 Å². The maximum atomic E-state index is 13.4. The number of hydrogen-bond acceptors (Lipinski definition) is 5. The van der Waals surface area contributed by atoms with E-state index in [1.54, 1.807) is 36.4 Å². The zero-order chi connectivity index (χ0) is 23.4. The lowest BCUT2D eigenvalue weighted by molar-refractivity contribution is -0.384. The Labute approximate surface area is 196 Å². The fraction of sp³-hybridized carbons (Fsp3) is 0.520. The zero-order valence-corrected chi connectivity index (χ0v) is 20.0. The van der Waals surface area contributed by atoms with Crippen LogP contribution in [0.2, 0.25) is 0 Å². The van der Waals surface area contributed by atoms with E-state index >= 15 is 0 Å². The van der Waals surface area contributed by atoms with Gasteiger partial charge in [-0.05, 0) is 69.3 Å². The smallest absolute Gasteiger partial charge is 0.269 e. The molecule has 7 nitrogen and oxygen atoms in total. The number of non-ortho nitro benzene ring substituents is 1. The highest BCUT2D eigenvalue weighted by molar-refractivity contribution is 7.89. The van der Waals surface area contributed by atoms with Crippen LogP contribution in [0.3, 0.4) is 0 Å². The fourth-order valence-corrected chi connectivity index (χ4v) is 6.67. The highest BCUT2D eigenvalue weighted by Gasteiger charge is 2.38. The predicted molar refractivity (Wildman–Crippen MR) is 129 cm³/mol. The lowest BCUT2D eigenvalue weighted by atomic mass is 9.76. The van der Waals surface area contributed by atoms with E-state index < -0.39 is 21.0 Å². The van der Waals surface area contributed by atoms with Crippen molar-refractivity contribution in [2.45, 2.75) is 68.8 Å². The summed E-state index contributed by atoms with van der Waals surface area (Å²) in [5, 5.41) is 11.2. The minimum Gasteiger partial charge on any atom is -0.300 e. The number of hydrogen-bond donors (Lipinski definition) is 1. The number of likely N-dealkylation sites (tertiary alicyclic amines) is 1. The molecule has 0 spiro atoms. The fourth-order valence-electron chi connectivity index (χ4n) is 5.39. The van der Waals surface area contributed by atoms with Gasteiger partial charge in [-0.15, -0.1) is 0 Å². The van der Waals surface area contributed by atoms with Crippen LogP contribution in [-0.2, 0) is 10.0 Å². The normalized spacial score (nSPS) is 23.2. The lowest BCUT2D eigenvalue weighted by Crippen LogP contribution is -2.49. The Kier molecular flexibility index (Phi) is 7.46. The average Bonchev–Trinajstić information content (AvgIpc) is 2.83. The zero-order valence-electron chi connectivity index (χ0n) is 19.2. The maximum absolute atomic E-state index is 13.4. The third-order valence-electron chi connectivity index (χ3n) is 7.15. The summed E-state index contributed by atoms with van der Waals surface area (Å²) in [5.74, 6) is 0.110. The quantitative estimate of drug-likeness (QED) is 0.455. The molecule has 178 valence electrons. The van der Waals surface area contributed by atoms with Gasteiger partial charge in [-0.3, -0.25) is 10.1 Å². The summed E-state index contributed by atoms with van der Waals surface area (Å²) in [4.78, 5) is 13.5. The third-order valence-corrected chi connectivity index (χ3v) is 8.60. The van der Waals surface area contributed by atoms with Crippen LogP contribution in [0, 0.1) is 23.0 Å². The summed E-state index contributed by atoms with van der Waals surface area (Å²) in [6, 6.07) is 13.1. The predicted octanol–water partition coefficient (Wildman–Crippen LogP) is 4.97. The number of rotatable bonds is 7. The van der Waals surface area contributed by atoms with Gasteiger partial charge in [0, 0.05) is 18.2 Å². The SMILES string of the molecule is Cc1ccc(S(=O)(=O)N[C@@H](c2ccc([N+](=O)[O-])cc2)[C@@H]2CCCC[C@H]2N2CCCCC2)cc1. The number of nitro benzene ring substituents is 1. The first kappa shape index (κ1) is 23.9. The molecule has 2 aromatic rings. The highest BCUT2D eigenvalue weighted by atomic mass is 32.2. The molecule has 33 heavy (non-hydrogen) atoms.